The summed E-state index contributed by atoms with van der Waals surface area (Å²) in [6.07, 6.45) is 4.28. The number of anilines is 1. The van der Waals surface area contributed by atoms with Gasteiger partial charge in [-0.25, -0.2) is 4.79 Å². The van der Waals surface area contributed by atoms with E-state index in [1.807, 2.05) is 38.7 Å². The number of amides is 1. The van der Waals surface area contributed by atoms with Crippen LogP contribution in [-0.2, 0) is 16.0 Å². The van der Waals surface area contributed by atoms with Gasteiger partial charge < -0.3 is 20.1 Å². The van der Waals surface area contributed by atoms with Crippen LogP contribution in [0.5, 0.6) is 0 Å². The molecule has 2 N–H and O–H groups in total. The fourth-order valence-electron chi connectivity index (χ4n) is 3.61. The van der Waals surface area contributed by atoms with Crippen molar-refractivity contribution in [3.05, 3.63) is 29.3 Å². The zero-order valence-corrected chi connectivity index (χ0v) is 21.7. The number of nitrogens with zero attached hydrogens (tertiary/aromatic N) is 2. The van der Waals surface area contributed by atoms with Gasteiger partial charge >= 0.3 is 6.09 Å². The Morgan fingerprint density at radius 1 is 1.26 bits per heavy atom. The number of rotatable bonds is 6. The van der Waals surface area contributed by atoms with Gasteiger partial charge in [-0.2, -0.15) is 0 Å². The molecule has 174 valence electrons. The van der Waals surface area contributed by atoms with Gasteiger partial charge in [-0.3, -0.25) is 9.89 Å². The predicted octanol–water partition coefficient (Wildman–Crippen LogP) is 4.36. The highest BCUT2D eigenvalue weighted by atomic mass is 127. The number of aliphatic imine (C=N–C) groups is 1. The number of nitrogens with one attached hydrogen (secondary N) is 2. The molecule has 1 aliphatic heterocycles. The molecule has 0 radical (unpaired) electrons. The second-order valence-corrected chi connectivity index (χ2v) is 9.14. The third-order valence-electron chi connectivity index (χ3n) is 5.23. The minimum atomic E-state index is -0.506. The van der Waals surface area contributed by atoms with E-state index in [0.717, 1.165) is 61.6 Å². The van der Waals surface area contributed by atoms with Crippen LogP contribution in [-0.4, -0.2) is 50.0 Å². The molecule has 31 heavy (non-hydrogen) atoms. The molecular formula is C23H37IN4O3. The normalized spacial score (nSPS) is 18.9. The zero-order chi connectivity index (χ0) is 21.7. The second kappa shape index (κ2) is 11.4. The van der Waals surface area contributed by atoms with Crippen molar-refractivity contribution in [2.24, 2.45) is 4.99 Å². The first-order chi connectivity index (χ1) is 14.3. The molecule has 1 aromatic rings. The number of ether oxygens (including phenoxy) is 2. The third kappa shape index (κ3) is 7.82. The van der Waals surface area contributed by atoms with Gasteiger partial charge in [-0.1, -0.05) is 12.1 Å². The Morgan fingerprint density at radius 3 is 2.55 bits per heavy atom. The van der Waals surface area contributed by atoms with Gasteiger partial charge in [0.15, 0.2) is 5.96 Å². The lowest BCUT2D eigenvalue weighted by Crippen LogP contribution is -2.40. The van der Waals surface area contributed by atoms with Crippen LogP contribution in [0.3, 0.4) is 0 Å². The topological polar surface area (TPSA) is 75.2 Å². The van der Waals surface area contributed by atoms with Crippen molar-refractivity contribution in [3.63, 3.8) is 0 Å². The van der Waals surface area contributed by atoms with Crippen LogP contribution in [0.4, 0.5) is 10.5 Å². The van der Waals surface area contributed by atoms with Gasteiger partial charge in [0.05, 0.1) is 11.8 Å². The van der Waals surface area contributed by atoms with Crippen LogP contribution in [0.2, 0.25) is 0 Å². The number of carbonyl (C=O) groups excluding carboxylic acids is 1. The van der Waals surface area contributed by atoms with E-state index in [4.69, 9.17) is 9.47 Å². The molecule has 8 heteroatoms. The zero-order valence-electron chi connectivity index (χ0n) is 19.4. The number of hydrogen-bond donors (Lipinski definition) is 2. The Morgan fingerprint density at radius 2 is 2.00 bits per heavy atom. The van der Waals surface area contributed by atoms with Crippen LogP contribution in [0.25, 0.3) is 0 Å². The molecule has 1 saturated heterocycles. The Labute approximate surface area is 203 Å². The molecule has 1 amide bonds. The average molecular weight is 544 g/mol. The maximum absolute atomic E-state index is 12.8. The van der Waals surface area contributed by atoms with Crippen LogP contribution in [0.15, 0.2) is 23.2 Å². The molecule has 2 aliphatic rings. The van der Waals surface area contributed by atoms with Crippen molar-refractivity contribution < 1.29 is 14.3 Å². The largest absolute Gasteiger partial charge is 0.443 e. The summed E-state index contributed by atoms with van der Waals surface area (Å²) in [5.41, 5.74) is 2.62. The molecule has 0 bridgehead atoms. The fraction of sp³-hybridized carbons (Fsp3) is 0.652. The summed E-state index contributed by atoms with van der Waals surface area (Å²) in [7, 11) is 1.77. The molecule has 7 nitrogen and oxygen atoms in total. The summed E-state index contributed by atoms with van der Waals surface area (Å²) in [5.74, 6) is 0.764. The quantitative estimate of drug-likeness (QED) is 0.316. The smallest absolute Gasteiger partial charge is 0.415 e. The number of benzene rings is 1. The van der Waals surface area contributed by atoms with E-state index >= 15 is 0 Å². The molecule has 1 aliphatic carbocycles. The second-order valence-electron chi connectivity index (χ2n) is 9.14. The first-order valence-electron chi connectivity index (χ1n) is 10.9. The monoisotopic (exact) mass is 544 g/mol. The summed E-state index contributed by atoms with van der Waals surface area (Å²) in [5, 5.41) is 6.68. The van der Waals surface area contributed by atoms with Crippen LogP contribution in [0, 0.1) is 6.92 Å². The molecule has 1 unspecified atom stereocenters. The molecular weight excluding hydrogens is 507 g/mol. The van der Waals surface area contributed by atoms with Gasteiger partial charge in [0.1, 0.15) is 5.60 Å². The van der Waals surface area contributed by atoms with E-state index in [0.29, 0.717) is 6.54 Å². The number of guanidine groups is 1. The lowest BCUT2D eigenvalue weighted by Gasteiger charge is -2.28. The highest BCUT2D eigenvalue weighted by molar-refractivity contribution is 14.0. The van der Waals surface area contributed by atoms with E-state index in [1.54, 1.807) is 7.05 Å². The van der Waals surface area contributed by atoms with Crippen molar-refractivity contribution >= 4 is 41.7 Å². The summed E-state index contributed by atoms with van der Waals surface area (Å²) in [6.45, 7) is 10.0. The Bertz CT molecular complexity index is 769. The van der Waals surface area contributed by atoms with Gasteiger partial charge in [0.2, 0.25) is 0 Å². The van der Waals surface area contributed by atoms with Gasteiger partial charge in [0, 0.05) is 32.8 Å². The summed E-state index contributed by atoms with van der Waals surface area (Å²) in [4.78, 5) is 18.9. The van der Waals surface area contributed by atoms with Crippen molar-refractivity contribution in [1.82, 2.24) is 10.6 Å². The predicted molar refractivity (Wildman–Crippen MR) is 136 cm³/mol. The van der Waals surface area contributed by atoms with Crippen molar-refractivity contribution in [3.8, 4) is 0 Å². The maximum Gasteiger partial charge on any atom is 0.415 e. The minimum Gasteiger partial charge on any atom is -0.443 e. The van der Waals surface area contributed by atoms with Gasteiger partial charge in [0.25, 0.3) is 0 Å². The van der Waals surface area contributed by atoms with E-state index in [-0.39, 0.29) is 42.2 Å². The SMILES string of the molecule is CN=C(NCc1ccc(N(C(=O)OC(C)(C)C)C2CC2)c(C)c1)NCC1CCCO1.I. The Kier molecular flexibility index (Phi) is 9.42. The number of halogens is 1. The first kappa shape index (κ1) is 25.7. The van der Waals surface area contributed by atoms with Crippen molar-refractivity contribution in [2.75, 3.05) is 25.1 Å². The van der Waals surface area contributed by atoms with Crippen LogP contribution in [0.1, 0.15) is 57.6 Å². The molecule has 1 saturated carbocycles. The van der Waals surface area contributed by atoms with Crippen molar-refractivity contribution in [1.29, 1.82) is 0 Å². The number of hydrogen-bond acceptors (Lipinski definition) is 4. The molecule has 2 fully saturated rings. The summed E-state index contributed by atoms with van der Waals surface area (Å²) in [6, 6.07) is 6.44. The lowest BCUT2D eigenvalue weighted by atomic mass is 10.1. The fourth-order valence-corrected chi connectivity index (χ4v) is 3.61. The number of aryl methyl sites for hydroxylation is 1. The highest BCUT2D eigenvalue weighted by Crippen LogP contribution is 2.35. The van der Waals surface area contributed by atoms with Crippen molar-refractivity contribution in [2.45, 2.75) is 77.7 Å². The molecule has 3 rings (SSSR count). The number of carbonyl (C=O) groups is 1. The van der Waals surface area contributed by atoms with E-state index < -0.39 is 5.60 Å². The standard InChI is InChI=1S/C23H36N4O3.HI/c1-16-13-17(14-25-21(24-5)26-15-19-7-6-12-29-19)8-11-20(16)27(18-9-10-18)22(28)30-23(2,3)4;/h8,11,13,18-19H,6-7,9-10,12,14-15H2,1-5H3,(H2,24,25,26);1H. The van der Waals surface area contributed by atoms with E-state index in [9.17, 15) is 4.79 Å². The van der Waals surface area contributed by atoms with Crippen LogP contribution >= 0.6 is 24.0 Å². The summed E-state index contributed by atoms with van der Waals surface area (Å²) < 4.78 is 11.3. The van der Waals surface area contributed by atoms with Gasteiger partial charge in [-0.05, 0) is 70.6 Å². The maximum atomic E-state index is 12.8. The molecule has 1 atom stereocenters. The van der Waals surface area contributed by atoms with E-state index in [2.05, 4.69) is 27.8 Å². The first-order valence-corrected chi connectivity index (χ1v) is 10.9. The molecule has 1 heterocycles. The Hall–Kier alpha value is -1.55. The highest BCUT2D eigenvalue weighted by Gasteiger charge is 2.37. The molecule has 0 spiro atoms. The van der Waals surface area contributed by atoms with Crippen LogP contribution < -0.4 is 15.5 Å². The molecule has 1 aromatic carbocycles. The van der Waals surface area contributed by atoms with E-state index in [1.165, 1.54) is 0 Å². The third-order valence-corrected chi connectivity index (χ3v) is 5.23. The summed E-state index contributed by atoms with van der Waals surface area (Å²) >= 11 is 0. The minimum absolute atomic E-state index is 0. The molecule has 0 aromatic heterocycles. The lowest BCUT2D eigenvalue weighted by molar-refractivity contribution is 0.0577. The Balaban J connectivity index is 0.00000341. The van der Waals surface area contributed by atoms with Gasteiger partial charge in [-0.15, -0.1) is 24.0 Å². The average Bonchev–Trinajstić information content (AvgIpc) is 3.36.